The van der Waals surface area contributed by atoms with E-state index in [0.717, 1.165) is 24.6 Å². The maximum absolute atomic E-state index is 13.1. The van der Waals surface area contributed by atoms with Crippen LogP contribution in [0.3, 0.4) is 0 Å². The van der Waals surface area contributed by atoms with E-state index >= 15 is 0 Å². The zero-order valence-electron chi connectivity index (χ0n) is 11.6. The number of ether oxygens (including phenoxy) is 1. The van der Waals surface area contributed by atoms with Gasteiger partial charge in [0.2, 0.25) is 0 Å². The molecular formula is C14H17F3N2O2. The second-order valence-corrected chi connectivity index (χ2v) is 5.51. The van der Waals surface area contributed by atoms with Crippen LogP contribution in [-0.4, -0.2) is 37.1 Å². The van der Waals surface area contributed by atoms with E-state index in [9.17, 15) is 18.0 Å². The molecule has 0 radical (unpaired) electrons. The van der Waals surface area contributed by atoms with Crippen molar-refractivity contribution in [2.45, 2.75) is 20.0 Å². The molecule has 1 saturated heterocycles. The molecule has 2 rings (SSSR count). The van der Waals surface area contributed by atoms with Gasteiger partial charge in [0.05, 0.1) is 5.56 Å². The van der Waals surface area contributed by atoms with Crippen molar-refractivity contribution in [1.82, 2.24) is 4.90 Å². The number of carbonyl (C=O) groups is 1. The van der Waals surface area contributed by atoms with Gasteiger partial charge in [-0.1, -0.05) is 6.92 Å². The van der Waals surface area contributed by atoms with Crippen molar-refractivity contribution in [3.63, 3.8) is 0 Å². The topological polar surface area (TPSA) is 55.6 Å². The minimum atomic E-state index is -3.12. The molecule has 1 aliphatic heterocycles. The van der Waals surface area contributed by atoms with E-state index < -0.39 is 24.1 Å². The lowest BCUT2D eigenvalue weighted by Gasteiger charge is -2.23. The Hall–Kier alpha value is -1.76. The van der Waals surface area contributed by atoms with E-state index in [4.69, 9.17) is 5.73 Å². The van der Waals surface area contributed by atoms with E-state index in [2.05, 4.69) is 4.74 Å². The molecule has 0 aromatic heterocycles. The highest BCUT2D eigenvalue weighted by Gasteiger charge is 2.36. The first-order chi connectivity index (χ1) is 9.84. The summed E-state index contributed by atoms with van der Waals surface area (Å²) in [4.78, 5) is 13.9. The zero-order valence-corrected chi connectivity index (χ0v) is 11.6. The van der Waals surface area contributed by atoms with E-state index in [0.29, 0.717) is 19.6 Å². The van der Waals surface area contributed by atoms with Crippen molar-refractivity contribution in [1.29, 1.82) is 0 Å². The molecule has 1 fully saturated rings. The van der Waals surface area contributed by atoms with Gasteiger partial charge in [-0.2, -0.15) is 8.78 Å². The molecule has 1 aromatic rings. The van der Waals surface area contributed by atoms with Gasteiger partial charge in [-0.3, -0.25) is 4.79 Å². The van der Waals surface area contributed by atoms with Gasteiger partial charge in [-0.25, -0.2) is 4.39 Å². The van der Waals surface area contributed by atoms with E-state index in [-0.39, 0.29) is 11.0 Å². The maximum Gasteiger partial charge on any atom is 0.387 e. The van der Waals surface area contributed by atoms with Crippen LogP contribution in [0, 0.1) is 11.2 Å². The van der Waals surface area contributed by atoms with Gasteiger partial charge in [-0.05, 0) is 30.5 Å². The number of nitrogens with two attached hydrogens (primary N) is 1. The van der Waals surface area contributed by atoms with Crippen molar-refractivity contribution in [2.75, 3.05) is 19.6 Å². The zero-order chi connectivity index (χ0) is 15.6. The Morgan fingerprint density at radius 2 is 2.24 bits per heavy atom. The molecule has 21 heavy (non-hydrogen) atoms. The fourth-order valence-corrected chi connectivity index (χ4v) is 2.40. The molecule has 1 unspecified atom stereocenters. The van der Waals surface area contributed by atoms with Crippen LogP contribution in [-0.2, 0) is 0 Å². The number of nitrogens with zero attached hydrogens (tertiary/aromatic N) is 1. The fourth-order valence-electron chi connectivity index (χ4n) is 2.40. The third-order valence-corrected chi connectivity index (χ3v) is 3.73. The molecule has 1 atom stereocenters. The normalized spacial score (nSPS) is 21.9. The molecule has 1 heterocycles. The lowest BCUT2D eigenvalue weighted by Crippen LogP contribution is -2.34. The summed E-state index contributed by atoms with van der Waals surface area (Å²) in [5.74, 6) is -1.64. The van der Waals surface area contributed by atoms with Crippen LogP contribution in [0.4, 0.5) is 13.2 Å². The quantitative estimate of drug-likeness (QED) is 0.928. The van der Waals surface area contributed by atoms with Gasteiger partial charge in [0.25, 0.3) is 5.91 Å². The second-order valence-electron chi connectivity index (χ2n) is 5.51. The Kier molecular flexibility index (Phi) is 4.41. The van der Waals surface area contributed by atoms with Crippen LogP contribution >= 0.6 is 0 Å². The highest BCUT2D eigenvalue weighted by molar-refractivity contribution is 5.97. The Balaban J connectivity index is 2.23. The average Bonchev–Trinajstić information content (AvgIpc) is 2.81. The Labute approximate surface area is 120 Å². The summed E-state index contributed by atoms with van der Waals surface area (Å²) in [5, 5.41) is 0. The first-order valence-electron chi connectivity index (χ1n) is 6.58. The number of carbonyl (C=O) groups excluding carboxylic acids is 1. The largest absolute Gasteiger partial charge is 0.434 e. The Bertz CT molecular complexity index is 539. The monoisotopic (exact) mass is 302 g/mol. The van der Waals surface area contributed by atoms with Crippen LogP contribution in [0.2, 0.25) is 0 Å². The van der Waals surface area contributed by atoms with Gasteiger partial charge in [-0.15, -0.1) is 0 Å². The molecule has 1 amide bonds. The minimum absolute atomic E-state index is 0.0713. The highest BCUT2D eigenvalue weighted by Crippen LogP contribution is 2.31. The summed E-state index contributed by atoms with van der Waals surface area (Å²) in [6.45, 7) is 0.194. The molecule has 0 bridgehead atoms. The predicted molar refractivity (Wildman–Crippen MR) is 70.7 cm³/mol. The average molecular weight is 302 g/mol. The Morgan fingerprint density at radius 3 is 2.81 bits per heavy atom. The fraction of sp³-hybridized carbons (Fsp3) is 0.500. The lowest BCUT2D eigenvalue weighted by molar-refractivity contribution is -0.0504. The van der Waals surface area contributed by atoms with Crippen LogP contribution in [0.15, 0.2) is 18.2 Å². The lowest BCUT2D eigenvalue weighted by atomic mass is 9.90. The molecule has 0 spiro atoms. The van der Waals surface area contributed by atoms with Crippen molar-refractivity contribution < 1.29 is 22.7 Å². The van der Waals surface area contributed by atoms with Gasteiger partial charge in [0, 0.05) is 19.2 Å². The van der Waals surface area contributed by atoms with Gasteiger partial charge < -0.3 is 15.4 Å². The first kappa shape index (κ1) is 15.6. The van der Waals surface area contributed by atoms with Gasteiger partial charge in [0.1, 0.15) is 11.6 Å². The third-order valence-electron chi connectivity index (χ3n) is 3.73. The molecular weight excluding hydrogens is 285 g/mol. The SMILES string of the molecule is CC1(CN)CCN(C(=O)c2ccc(F)cc2OC(F)F)C1. The molecule has 0 aliphatic carbocycles. The number of halogens is 3. The predicted octanol–water partition coefficient (Wildman–Crippen LogP) is 2.24. The number of hydrogen-bond donors (Lipinski definition) is 1. The molecule has 1 aromatic carbocycles. The summed E-state index contributed by atoms with van der Waals surface area (Å²) in [7, 11) is 0. The maximum atomic E-state index is 13.1. The van der Waals surface area contributed by atoms with E-state index in [1.807, 2.05) is 6.92 Å². The first-order valence-corrected chi connectivity index (χ1v) is 6.58. The summed E-state index contributed by atoms with van der Waals surface area (Å²) in [6, 6.07) is 2.99. The van der Waals surface area contributed by atoms with Gasteiger partial charge in [0.15, 0.2) is 0 Å². The molecule has 7 heteroatoms. The summed E-state index contributed by atoms with van der Waals surface area (Å²) in [5.41, 5.74) is 5.42. The highest BCUT2D eigenvalue weighted by atomic mass is 19.3. The van der Waals surface area contributed by atoms with Crippen molar-refractivity contribution in [2.24, 2.45) is 11.1 Å². The molecule has 0 saturated carbocycles. The smallest absolute Gasteiger partial charge is 0.387 e. The Morgan fingerprint density at radius 1 is 1.52 bits per heavy atom. The van der Waals surface area contributed by atoms with Crippen molar-refractivity contribution in [3.8, 4) is 5.75 Å². The number of amides is 1. The van der Waals surface area contributed by atoms with E-state index in [1.165, 1.54) is 4.90 Å². The third kappa shape index (κ3) is 3.47. The van der Waals surface area contributed by atoms with E-state index in [1.54, 1.807) is 0 Å². The number of likely N-dealkylation sites (tertiary alicyclic amines) is 1. The minimum Gasteiger partial charge on any atom is -0.434 e. The number of benzene rings is 1. The van der Waals surface area contributed by atoms with Crippen molar-refractivity contribution >= 4 is 5.91 Å². The van der Waals surface area contributed by atoms with Crippen LogP contribution in [0.5, 0.6) is 5.75 Å². The van der Waals surface area contributed by atoms with Crippen LogP contribution in [0.25, 0.3) is 0 Å². The second kappa shape index (κ2) is 5.93. The summed E-state index contributed by atoms with van der Waals surface area (Å²) < 4.78 is 42.1. The van der Waals surface area contributed by atoms with Crippen molar-refractivity contribution in [3.05, 3.63) is 29.6 Å². The molecule has 2 N–H and O–H groups in total. The number of alkyl halides is 2. The number of hydrogen-bond acceptors (Lipinski definition) is 3. The summed E-state index contributed by atoms with van der Waals surface area (Å²) in [6.07, 6.45) is 0.738. The number of rotatable bonds is 4. The molecule has 116 valence electrons. The molecule has 4 nitrogen and oxygen atoms in total. The summed E-state index contributed by atoms with van der Waals surface area (Å²) >= 11 is 0. The standard InChI is InChI=1S/C14H17F3N2O2/c1-14(7-18)4-5-19(8-14)12(20)10-3-2-9(15)6-11(10)21-13(16)17/h2-3,6,13H,4-5,7-8,18H2,1H3. The van der Waals surface area contributed by atoms with Crippen LogP contribution < -0.4 is 10.5 Å². The molecule has 1 aliphatic rings. The van der Waals surface area contributed by atoms with Gasteiger partial charge >= 0.3 is 6.61 Å². The van der Waals surface area contributed by atoms with Crippen LogP contribution in [0.1, 0.15) is 23.7 Å².